The molecule has 1 atom stereocenters. The lowest BCUT2D eigenvalue weighted by Gasteiger charge is -2.10. The number of nitriles is 1. The maximum absolute atomic E-state index is 11.3. The summed E-state index contributed by atoms with van der Waals surface area (Å²) in [5.74, 6) is -1.54. The summed E-state index contributed by atoms with van der Waals surface area (Å²) in [5, 5.41) is 17.9. The van der Waals surface area contributed by atoms with Gasteiger partial charge in [-0.1, -0.05) is 34.8 Å². The van der Waals surface area contributed by atoms with Gasteiger partial charge in [-0.05, 0) is 0 Å². The molecular weight excluding hydrogens is 252 g/mol. The quantitative estimate of drug-likeness (QED) is 0.268. The van der Waals surface area contributed by atoms with Crippen molar-refractivity contribution < 1.29 is 14.6 Å². The molecule has 1 fully saturated rings. The topological polar surface area (TPSA) is 73.6 Å². The number of carbonyl (C=O) groups is 1. The number of nitrogens with zero attached hydrogens (tertiary/aromatic N) is 1. The Morgan fingerprint density at radius 2 is 2.07 bits per heavy atom. The molecule has 1 heterocycles. The minimum Gasteiger partial charge on any atom is -0.506 e. The molecule has 1 rings (SSSR count). The van der Waals surface area contributed by atoms with E-state index in [0.29, 0.717) is 0 Å². The molecule has 7 heteroatoms. The highest BCUT2D eigenvalue weighted by atomic mass is 35.6. The molecule has 1 unspecified atom stereocenters. The smallest absolute Gasteiger partial charge is 0.248 e. The van der Waals surface area contributed by atoms with Crippen LogP contribution >= 0.6 is 34.8 Å². The van der Waals surface area contributed by atoms with Crippen molar-refractivity contribution in [1.29, 1.82) is 5.26 Å². The molecule has 0 aromatic rings. The molecule has 0 aromatic heterocycles. The lowest BCUT2D eigenvalue weighted by molar-refractivity contribution is -0.116. The zero-order valence-corrected chi connectivity index (χ0v) is 8.90. The fourth-order valence-electron chi connectivity index (χ4n) is 0.727. The second-order valence-corrected chi connectivity index (χ2v) is 4.80. The summed E-state index contributed by atoms with van der Waals surface area (Å²) in [4.78, 5) is 11.3. The largest absolute Gasteiger partial charge is 0.506 e. The van der Waals surface area contributed by atoms with E-state index in [9.17, 15) is 9.90 Å². The van der Waals surface area contributed by atoms with Crippen molar-refractivity contribution >= 4 is 40.6 Å². The van der Waals surface area contributed by atoms with Crippen LogP contribution in [-0.4, -0.2) is 27.4 Å². The van der Waals surface area contributed by atoms with Gasteiger partial charge in [0.25, 0.3) is 0 Å². The lowest BCUT2D eigenvalue weighted by Crippen LogP contribution is -2.17. The number of Topliss-reactive ketones (excluding diaryl/α,β-unsaturated/α-hetero) is 1. The van der Waals surface area contributed by atoms with Crippen molar-refractivity contribution in [3.05, 3.63) is 11.3 Å². The zero-order valence-electron chi connectivity index (χ0n) is 6.63. The summed E-state index contributed by atoms with van der Waals surface area (Å²) in [6.07, 6.45) is -0.695. The molecular formula is C7H4Cl3NO3. The third-order valence-electron chi connectivity index (χ3n) is 1.49. The van der Waals surface area contributed by atoms with Crippen molar-refractivity contribution in [2.75, 3.05) is 6.61 Å². The van der Waals surface area contributed by atoms with Crippen LogP contribution in [0.3, 0.4) is 0 Å². The molecule has 0 bridgehead atoms. The van der Waals surface area contributed by atoms with Gasteiger partial charge < -0.3 is 9.84 Å². The molecule has 0 spiro atoms. The van der Waals surface area contributed by atoms with E-state index in [1.807, 2.05) is 0 Å². The van der Waals surface area contributed by atoms with E-state index in [2.05, 4.69) is 4.74 Å². The van der Waals surface area contributed by atoms with Crippen molar-refractivity contribution in [3.63, 3.8) is 0 Å². The molecule has 4 nitrogen and oxygen atoms in total. The third-order valence-corrected chi connectivity index (χ3v) is 2.03. The van der Waals surface area contributed by atoms with Crippen LogP contribution < -0.4 is 0 Å². The summed E-state index contributed by atoms with van der Waals surface area (Å²) < 4.78 is 2.47. The van der Waals surface area contributed by atoms with E-state index in [-0.39, 0.29) is 6.61 Å². The number of hydrogen-bond donors (Lipinski definition) is 1. The number of aliphatic hydroxyl groups is 1. The van der Waals surface area contributed by atoms with E-state index in [1.54, 1.807) is 0 Å². The highest BCUT2D eigenvalue weighted by Gasteiger charge is 2.39. The molecule has 0 saturated carbocycles. The second kappa shape index (κ2) is 3.95. The zero-order chi connectivity index (χ0) is 10.9. The first-order valence-corrected chi connectivity index (χ1v) is 4.57. The highest BCUT2D eigenvalue weighted by molar-refractivity contribution is 6.69. The number of carbonyl (C=O) groups excluding carboxylic acids is 1. The molecule has 1 aliphatic heterocycles. The molecule has 0 amide bonds. The van der Waals surface area contributed by atoms with Crippen molar-refractivity contribution in [1.82, 2.24) is 0 Å². The van der Waals surface area contributed by atoms with Crippen molar-refractivity contribution in [2.24, 2.45) is 0 Å². The van der Waals surface area contributed by atoms with Crippen LogP contribution in [0.4, 0.5) is 0 Å². The Bertz CT molecular complexity index is 335. The summed E-state index contributed by atoms with van der Waals surface area (Å²) in [7, 11) is 0. The van der Waals surface area contributed by atoms with Crippen molar-refractivity contribution in [3.8, 4) is 6.07 Å². The molecule has 0 aromatic carbocycles. The van der Waals surface area contributed by atoms with E-state index in [4.69, 9.17) is 40.1 Å². The number of alkyl halides is 3. The average Bonchev–Trinajstić information content (AvgIpc) is 2.85. The van der Waals surface area contributed by atoms with Crippen LogP contribution in [0.5, 0.6) is 0 Å². The normalized spacial score (nSPS) is 22.3. The van der Waals surface area contributed by atoms with Crippen LogP contribution in [-0.2, 0) is 9.53 Å². The van der Waals surface area contributed by atoms with Crippen LogP contribution in [0.25, 0.3) is 0 Å². The van der Waals surface area contributed by atoms with E-state index in [1.165, 1.54) is 6.07 Å². The second-order valence-electron chi connectivity index (χ2n) is 2.52. The number of ketones is 1. The van der Waals surface area contributed by atoms with Gasteiger partial charge >= 0.3 is 0 Å². The van der Waals surface area contributed by atoms with Crippen molar-refractivity contribution in [2.45, 2.75) is 9.90 Å². The van der Waals surface area contributed by atoms with Crippen LogP contribution in [0.15, 0.2) is 11.3 Å². The minimum atomic E-state index is -2.17. The molecule has 1 saturated heterocycles. The molecule has 14 heavy (non-hydrogen) atoms. The Labute approximate surface area is 94.6 Å². The summed E-state index contributed by atoms with van der Waals surface area (Å²) in [6.45, 7) is 0.219. The number of rotatable bonds is 2. The summed E-state index contributed by atoms with van der Waals surface area (Å²) in [5.41, 5.74) is -0.576. The number of ether oxygens (including phenoxy) is 1. The predicted molar refractivity (Wildman–Crippen MR) is 50.3 cm³/mol. The number of halogens is 3. The first-order chi connectivity index (χ1) is 6.38. The Hall–Kier alpha value is -0.470. The molecule has 1 N–H and O–H groups in total. The molecule has 1 aliphatic rings. The molecule has 0 aliphatic carbocycles. The maximum Gasteiger partial charge on any atom is 0.248 e. The van der Waals surface area contributed by atoms with E-state index in [0.717, 1.165) is 0 Å². The summed E-state index contributed by atoms with van der Waals surface area (Å²) in [6, 6.07) is 1.48. The van der Waals surface area contributed by atoms with Gasteiger partial charge in [-0.25, -0.2) is 0 Å². The van der Waals surface area contributed by atoms with Gasteiger partial charge in [0.2, 0.25) is 9.58 Å². The summed E-state index contributed by atoms with van der Waals surface area (Å²) >= 11 is 15.9. The Kier molecular flexibility index (Phi) is 3.28. The first-order valence-electron chi connectivity index (χ1n) is 3.44. The maximum atomic E-state index is 11.3. The van der Waals surface area contributed by atoms with E-state index >= 15 is 0 Å². The highest BCUT2D eigenvalue weighted by Crippen LogP contribution is 2.35. The predicted octanol–water partition coefficient (Wildman–Crippen LogP) is 1.66. The first kappa shape index (κ1) is 11.6. The minimum absolute atomic E-state index is 0.219. The molecule has 76 valence electrons. The monoisotopic (exact) mass is 255 g/mol. The number of hydrogen-bond acceptors (Lipinski definition) is 4. The Morgan fingerprint density at radius 1 is 1.57 bits per heavy atom. The van der Waals surface area contributed by atoms with Crippen LogP contribution in [0.1, 0.15) is 0 Å². The number of aliphatic hydroxyl groups excluding tert-OH is 1. The van der Waals surface area contributed by atoms with Gasteiger partial charge in [0.05, 0.1) is 6.61 Å². The number of allylic oxidation sites excluding steroid dienone is 1. The van der Waals surface area contributed by atoms with Gasteiger partial charge in [-0.2, -0.15) is 5.26 Å². The lowest BCUT2D eigenvalue weighted by atomic mass is 10.1. The van der Waals surface area contributed by atoms with Crippen LogP contribution in [0, 0.1) is 11.3 Å². The third kappa shape index (κ3) is 2.52. The van der Waals surface area contributed by atoms with Gasteiger partial charge in [0, 0.05) is 0 Å². The fraction of sp³-hybridized carbons (Fsp3) is 0.429. The molecule has 0 radical (unpaired) electrons. The van der Waals surface area contributed by atoms with Gasteiger partial charge in [0.15, 0.2) is 5.76 Å². The number of epoxide rings is 1. The SMILES string of the molecule is N#C/C(C(=O)C1CO1)=C(/O)C(Cl)(Cl)Cl. The Balaban J connectivity index is 3.00. The standard InChI is InChI=1S/C7H4Cl3NO3/c8-7(9,10)6(13)3(1-11)5(12)4-2-14-4/h4,13H,2H2/b6-3-. The fourth-order valence-corrected chi connectivity index (χ4v) is 1.01. The van der Waals surface area contributed by atoms with Gasteiger partial charge in [-0.3, -0.25) is 4.79 Å². The van der Waals surface area contributed by atoms with Crippen LogP contribution in [0.2, 0.25) is 0 Å². The van der Waals surface area contributed by atoms with E-state index < -0.39 is 27.0 Å². The Morgan fingerprint density at radius 3 is 2.36 bits per heavy atom. The van der Waals surface area contributed by atoms with Gasteiger partial charge in [0.1, 0.15) is 17.7 Å². The van der Waals surface area contributed by atoms with Gasteiger partial charge in [-0.15, -0.1) is 0 Å². The average molecular weight is 256 g/mol.